The summed E-state index contributed by atoms with van der Waals surface area (Å²) in [7, 11) is 1.77. The van der Waals surface area contributed by atoms with E-state index in [0.29, 0.717) is 12.1 Å². The van der Waals surface area contributed by atoms with Crippen LogP contribution in [0.15, 0.2) is 0 Å². The van der Waals surface area contributed by atoms with Gasteiger partial charge in [-0.3, -0.25) is 4.90 Å². The summed E-state index contributed by atoms with van der Waals surface area (Å²) in [6.07, 6.45) is 1.52. The van der Waals surface area contributed by atoms with Gasteiger partial charge in [0.1, 0.15) is 0 Å². The number of morpholine rings is 1. The van der Waals surface area contributed by atoms with Gasteiger partial charge in [-0.25, -0.2) is 0 Å². The van der Waals surface area contributed by atoms with Crippen molar-refractivity contribution in [1.82, 2.24) is 10.2 Å². The zero-order valence-corrected chi connectivity index (χ0v) is 12.4. The smallest absolute Gasteiger partial charge is 0.0986 e. The van der Waals surface area contributed by atoms with Crippen LogP contribution >= 0.6 is 0 Å². The standard InChI is InChI=1S/C14H28N2O3/c1-4-19-13-9-12(14(13)17-3)15-11(2)10-16-5-7-18-8-6-16/h11-15H,4-10H2,1-3H3. The normalized spacial score (nSPS) is 33.9. The molecule has 2 aliphatic rings. The van der Waals surface area contributed by atoms with Crippen LogP contribution in [0.2, 0.25) is 0 Å². The predicted octanol–water partition coefficient (Wildman–Crippen LogP) is 0.489. The molecule has 0 aromatic rings. The number of ether oxygens (including phenoxy) is 3. The quantitative estimate of drug-likeness (QED) is 0.730. The van der Waals surface area contributed by atoms with Crippen LogP contribution in [-0.4, -0.2) is 75.8 Å². The van der Waals surface area contributed by atoms with E-state index < -0.39 is 0 Å². The summed E-state index contributed by atoms with van der Waals surface area (Å²) in [5.74, 6) is 0. The van der Waals surface area contributed by atoms with E-state index in [1.165, 1.54) is 0 Å². The lowest BCUT2D eigenvalue weighted by molar-refractivity contribution is -0.133. The van der Waals surface area contributed by atoms with Crippen molar-refractivity contribution in [3.05, 3.63) is 0 Å². The summed E-state index contributed by atoms with van der Waals surface area (Å²) < 4.78 is 16.6. The van der Waals surface area contributed by atoms with Gasteiger partial charge in [-0.2, -0.15) is 0 Å². The minimum Gasteiger partial charge on any atom is -0.379 e. The molecule has 2 rings (SSSR count). The molecule has 1 N–H and O–H groups in total. The minimum atomic E-state index is 0.201. The lowest BCUT2D eigenvalue weighted by atomic mass is 9.84. The van der Waals surface area contributed by atoms with Crippen LogP contribution in [0.25, 0.3) is 0 Å². The molecule has 0 amide bonds. The molecule has 1 heterocycles. The van der Waals surface area contributed by atoms with Crippen LogP contribution in [0.4, 0.5) is 0 Å². The van der Waals surface area contributed by atoms with Crippen LogP contribution < -0.4 is 5.32 Å². The summed E-state index contributed by atoms with van der Waals surface area (Å²) in [5, 5.41) is 3.67. The Kier molecular flexibility index (Phi) is 6.04. The first kappa shape index (κ1) is 15.2. The lowest BCUT2D eigenvalue weighted by Gasteiger charge is -2.45. The van der Waals surface area contributed by atoms with E-state index in [0.717, 1.165) is 45.9 Å². The number of hydrogen-bond donors (Lipinski definition) is 1. The van der Waals surface area contributed by atoms with Crippen molar-refractivity contribution in [3.8, 4) is 0 Å². The highest BCUT2D eigenvalue weighted by molar-refractivity contribution is 4.98. The molecule has 0 bridgehead atoms. The van der Waals surface area contributed by atoms with E-state index in [1.54, 1.807) is 7.11 Å². The molecule has 0 radical (unpaired) electrons. The van der Waals surface area contributed by atoms with Crippen LogP contribution in [0.3, 0.4) is 0 Å². The van der Waals surface area contributed by atoms with Crippen LogP contribution in [-0.2, 0) is 14.2 Å². The third kappa shape index (κ3) is 4.13. The van der Waals surface area contributed by atoms with Crippen molar-refractivity contribution >= 4 is 0 Å². The Balaban J connectivity index is 1.68. The van der Waals surface area contributed by atoms with Gasteiger partial charge < -0.3 is 19.5 Å². The maximum atomic E-state index is 5.65. The van der Waals surface area contributed by atoms with Crippen LogP contribution in [0.1, 0.15) is 20.3 Å². The molecule has 19 heavy (non-hydrogen) atoms. The Labute approximate surface area is 116 Å². The lowest BCUT2D eigenvalue weighted by Crippen LogP contribution is -2.62. The number of methoxy groups -OCH3 is 1. The van der Waals surface area contributed by atoms with Gasteiger partial charge in [-0.05, 0) is 20.3 Å². The zero-order valence-electron chi connectivity index (χ0n) is 12.4. The zero-order chi connectivity index (χ0) is 13.7. The molecule has 112 valence electrons. The van der Waals surface area contributed by atoms with Gasteiger partial charge >= 0.3 is 0 Å². The summed E-state index contributed by atoms with van der Waals surface area (Å²) >= 11 is 0. The predicted molar refractivity (Wildman–Crippen MR) is 74.5 cm³/mol. The second-order valence-electron chi connectivity index (χ2n) is 5.52. The van der Waals surface area contributed by atoms with E-state index in [1.807, 2.05) is 6.92 Å². The molecule has 0 aromatic carbocycles. The fraction of sp³-hybridized carbons (Fsp3) is 1.00. The molecule has 1 aliphatic heterocycles. The van der Waals surface area contributed by atoms with Gasteiger partial charge in [0.25, 0.3) is 0 Å². The third-order valence-electron chi connectivity index (χ3n) is 4.04. The molecule has 2 fully saturated rings. The number of nitrogens with zero attached hydrogens (tertiary/aromatic N) is 1. The van der Waals surface area contributed by atoms with Crippen molar-refractivity contribution in [2.75, 3.05) is 46.6 Å². The third-order valence-corrected chi connectivity index (χ3v) is 4.04. The minimum absolute atomic E-state index is 0.201. The maximum Gasteiger partial charge on any atom is 0.0986 e. The van der Waals surface area contributed by atoms with E-state index in [2.05, 4.69) is 17.1 Å². The van der Waals surface area contributed by atoms with Crippen molar-refractivity contribution in [2.45, 2.75) is 44.6 Å². The highest BCUT2D eigenvalue weighted by Crippen LogP contribution is 2.27. The van der Waals surface area contributed by atoms with Gasteiger partial charge in [0.2, 0.25) is 0 Å². The molecule has 1 saturated carbocycles. The Hall–Kier alpha value is -0.200. The second-order valence-corrected chi connectivity index (χ2v) is 5.52. The number of hydrogen-bond acceptors (Lipinski definition) is 5. The van der Waals surface area contributed by atoms with Crippen LogP contribution in [0, 0.1) is 0 Å². The fourth-order valence-electron chi connectivity index (χ4n) is 3.03. The molecule has 1 saturated heterocycles. The average molecular weight is 272 g/mol. The molecule has 4 unspecified atom stereocenters. The van der Waals surface area contributed by atoms with Gasteiger partial charge in [0.05, 0.1) is 25.4 Å². The first-order valence-corrected chi connectivity index (χ1v) is 7.45. The van der Waals surface area contributed by atoms with E-state index in [4.69, 9.17) is 14.2 Å². The summed E-state index contributed by atoms with van der Waals surface area (Å²) in [5.41, 5.74) is 0. The van der Waals surface area contributed by atoms with Crippen molar-refractivity contribution < 1.29 is 14.2 Å². The summed E-state index contributed by atoms with van der Waals surface area (Å²) in [6, 6.07) is 0.904. The highest BCUT2D eigenvalue weighted by atomic mass is 16.5. The molecule has 4 atom stereocenters. The monoisotopic (exact) mass is 272 g/mol. The van der Waals surface area contributed by atoms with Crippen molar-refractivity contribution in [3.63, 3.8) is 0 Å². The first-order chi connectivity index (χ1) is 9.24. The Bertz CT molecular complexity index is 259. The average Bonchev–Trinajstić information content (AvgIpc) is 2.39. The van der Waals surface area contributed by atoms with Gasteiger partial charge in [-0.15, -0.1) is 0 Å². The summed E-state index contributed by atoms with van der Waals surface area (Å²) in [6.45, 7) is 9.95. The second kappa shape index (κ2) is 7.55. The molecular formula is C14H28N2O3. The number of nitrogens with one attached hydrogen (secondary N) is 1. The Morgan fingerprint density at radius 3 is 2.74 bits per heavy atom. The van der Waals surface area contributed by atoms with Crippen LogP contribution in [0.5, 0.6) is 0 Å². The molecule has 0 spiro atoms. The Morgan fingerprint density at radius 1 is 1.37 bits per heavy atom. The molecule has 0 aromatic heterocycles. The molecule has 5 nitrogen and oxygen atoms in total. The maximum absolute atomic E-state index is 5.65. The van der Waals surface area contributed by atoms with Gasteiger partial charge in [0, 0.05) is 45.4 Å². The largest absolute Gasteiger partial charge is 0.379 e. The fourth-order valence-corrected chi connectivity index (χ4v) is 3.03. The van der Waals surface area contributed by atoms with Gasteiger partial charge in [-0.1, -0.05) is 0 Å². The first-order valence-electron chi connectivity index (χ1n) is 7.45. The molecule has 1 aliphatic carbocycles. The Morgan fingerprint density at radius 2 is 2.11 bits per heavy atom. The van der Waals surface area contributed by atoms with E-state index >= 15 is 0 Å². The van der Waals surface area contributed by atoms with E-state index in [9.17, 15) is 0 Å². The topological polar surface area (TPSA) is 43.0 Å². The number of rotatable bonds is 7. The highest BCUT2D eigenvalue weighted by Gasteiger charge is 2.42. The van der Waals surface area contributed by atoms with E-state index in [-0.39, 0.29) is 12.2 Å². The van der Waals surface area contributed by atoms with Crippen molar-refractivity contribution in [1.29, 1.82) is 0 Å². The van der Waals surface area contributed by atoms with Crippen molar-refractivity contribution in [2.24, 2.45) is 0 Å². The SMILES string of the molecule is CCOC1CC(NC(C)CN2CCOCC2)C1OC. The van der Waals surface area contributed by atoms with Gasteiger partial charge in [0.15, 0.2) is 0 Å². The summed E-state index contributed by atoms with van der Waals surface area (Å²) in [4.78, 5) is 2.46. The molecule has 5 heteroatoms. The molecular weight excluding hydrogens is 244 g/mol.